The maximum absolute atomic E-state index is 11.9. The number of aliphatic imine (C=N–C) groups is 1. The van der Waals surface area contributed by atoms with Crippen LogP contribution in [0.15, 0.2) is 29.5 Å². The van der Waals surface area contributed by atoms with Crippen LogP contribution in [-0.2, 0) is 0 Å². The molecule has 0 bridgehead atoms. The van der Waals surface area contributed by atoms with Gasteiger partial charge in [-0.05, 0) is 51.5 Å². The first-order valence-corrected chi connectivity index (χ1v) is 9.48. The number of carbonyl (C=O) groups is 1. The van der Waals surface area contributed by atoms with Gasteiger partial charge in [-0.3, -0.25) is 14.8 Å². The van der Waals surface area contributed by atoms with Gasteiger partial charge in [0.25, 0.3) is 5.91 Å². The summed E-state index contributed by atoms with van der Waals surface area (Å²) in [5, 5.41) is 9.48. The van der Waals surface area contributed by atoms with Crippen LogP contribution in [0, 0.1) is 0 Å². The molecule has 1 unspecified atom stereocenters. The molecule has 0 saturated heterocycles. The van der Waals surface area contributed by atoms with Gasteiger partial charge >= 0.3 is 0 Å². The molecular formula is C19H34N6O. The zero-order chi connectivity index (χ0) is 19.2. The second-order valence-corrected chi connectivity index (χ2v) is 6.21. The lowest BCUT2D eigenvalue weighted by Crippen LogP contribution is -2.45. The number of nitrogens with zero attached hydrogens (tertiary/aromatic N) is 3. The lowest BCUT2D eigenvalue weighted by atomic mass is 10.2. The Morgan fingerprint density at radius 1 is 1.27 bits per heavy atom. The van der Waals surface area contributed by atoms with E-state index in [2.05, 4.69) is 51.6 Å². The van der Waals surface area contributed by atoms with Crippen molar-refractivity contribution in [3.05, 3.63) is 30.1 Å². The Kier molecular flexibility index (Phi) is 11.0. The van der Waals surface area contributed by atoms with Crippen LogP contribution in [0.5, 0.6) is 0 Å². The molecule has 0 aliphatic rings. The first-order valence-electron chi connectivity index (χ1n) is 9.48. The molecule has 0 fully saturated rings. The molecule has 1 rings (SSSR count). The average Bonchev–Trinajstić information content (AvgIpc) is 2.68. The molecule has 1 amide bonds. The molecule has 3 N–H and O–H groups in total. The van der Waals surface area contributed by atoms with Crippen molar-refractivity contribution in [1.82, 2.24) is 25.8 Å². The molecule has 0 aliphatic carbocycles. The van der Waals surface area contributed by atoms with Gasteiger partial charge in [0.2, 0.25) is 0 Å². The highest BCUT2D eigenvalue weighted by Crippen LogP contribution is 1.99. The lowest BCUT2D eigenvalue weighted by Gasteiger charge is -2.21. The van der Waals surface area contributed by atoms with Crippen molar-refractivity contribution in [2.45, 2.75) is 39.7 Å². The van der Waals surface area contributed by atoms with Crippen molar-refractivity contribution >= 4 is 11.9 Å². The van der Waals surface area contributed by atoms with Gasteiger partial charge in [0.1, 0.15) is 0 Å². The van der Waals surface area contributed by atoms with Crippen molar-refractivity contribution in [3.8, 4) is 0 Å². The molecule has 0 spiro atoms. The Morgan fingerprint density at radius 2 is 2.00 bits per heavy atom. The smallest absolute Gasteiger partial charge is 0.252 e. The minimum atomic E-state index is -0.118. The van der Waals surface area contributed by atoms with Crippen molar-refractivity contribution in [2.24, 2.45) is 4.99 Å². The molecule has 1 atom stereocenters. The van der Waals surface area contributed by atoms with Crippen molar-refractivity contribution in [2.75, 3.05) is 39.8 Å². The lowest BCUT2D eigenvalue weighted by molar-refractivity contribution is 0.0954. The molecule has 0 aliphatic heterocycles. The molecular weight excluding hydrogens is 328 g/mol. The molecule has 1 aromatic rings. The Hall–Kier alpha value is -2.15. The average molecular weight is 363 g/mol. The van der Waals surface area contributed by atoms with Gasteiger partial charge in [-0.15, -0.1) is 0 Å². The Balaban J connectivity index is 2.21. The first-order chi connectivity index (χ1) is 12.6. The monoisotopic (exact) mass is 362 g/mol. The van der Waals surface area contributed by atoms with Gasteiger partial charge in [0.05, 0.1) is 5.56 Å². The highest BCUT2D eigenvalue weighted by atomic mass is 16.1. The summed E-state index contributed by atoms with van der Waals surface area (Å²) in [6.07, 6.45) is 5.46. The summed E-state index contributed by atoms with van der Waals surface area (Å²) in [4.78, 5) is 22.6. The number of pyridine rings is 1. The van der Waals surface area contributed by atoms with E-state index in [4.69, 9.17) is 0 Å². The van der Waals surface area contributed by atoms with E-state index in [-0.39, 0.29) is 5.91 Å². The SMILES string of the molecule is CCN(CC)CCCC(C)NC(=NC)NCCNC(=O)c1cccnc1. The van der Waals surface area contributed by atoms with E-state index in [1.807, 2.05) is 0 Å². The maximum Gasteiger partial charge on any atom is 0.252 e. The topological polar surface area (TPSA) is 81.6 Å². The predicted octanol–water partition coefficient (Wildman–Crippen LogP) is 1.49. The molecule has 1 heterocycles. The third-order valence-electron chi connectivity index (χ3n) is 4.24. The maximum atomic E-state index is 11.9. The zero-order valence-electron chi connectivity index (χ0n) is 16.6. The van der Waals surface area contributed by atoms with Gasteiger partial charge in [0.15, 0.2) is 5.96 Å². The summed E-state index contributed by atoms with van der Waals surface area (Å²) < 4.78 is 0. The Bertz CT molecular complexity index is 530. The van der Waals surface area contributed by atoms with E-state index in [0.29, 0.717) is 24.7 Å². The summed E-state index contributed by atoms with van der Waals surface area (Å²) in [6, 6.07) is 3.85. The van der Waals surface area contributed by atoms with E-state index in [1.54, 1.807) is 31.6 Å². The Labute approximate surface area is 157 Å². The fourth-order valence-electron chi connectivity index (χ4n) is 2.62. The van der Waals surface area contributed by atoms with E-state index in [0.717, 1.165) is 38.4 Å². The fourth-order valence-corrected chi connectivity index (χ4v) is 2.62. The second kappa shape index (κ2) is 13.1. The number of rotatable bonds is 11. The summed E-state index contributed by atoms with van der Waals surface area (Å²) in [5.41, 5.74) is 0.567. The van der Waals surface area contributed by atoms with Crippen LogP contribution in [0.2, 0.25) is 0 Å². The molecule has 7 nitrogen and oxygen atoms in total. The quantitative estimate of drug-likeness (QED) is 0.316. The molecule has 0 saturated carbocycles. The summed E-state index contributed by atoms with van der Waals surface area (Å²) in [5.74, 6) is 0.642. The number of carbonyl (C=O) groups excluding carboxylic acids is 1. The first kappa shape index (κ1) is 21.9. The van der Waals surface area contributed by atoms with Crippen LogP contribution in [0.3, 0.4) is 0 Å². The highest BCUT2D eigenvalue weighted by Gasteiger charge is 2.07. The van der Waals surface area contributed by atoms with Crippen molar-refractivity contribution in [3.63, 3.8) is 0 Å². The van der Waals surface area contributed by atoms with E-state index >= 15 is 0 Å². The normalized spacial score (nSPS) is 12.7. The minimum absolute atomic E-state index is 0.118. The molecule has 0 radical (unpaired) electrons. The second-order valence-electron chi connectivity index (χ2n) is 6.21. The molecule has 1 aromatic heterocycles. The highest BCUT2D eigenvalue weighted by molar-refractivity contribution is 5.93. The number of guanidine groups is 1. The van der Waals surface area contributed by atoms with E-state index < -0.39 is 0 Å². The molecule has 0 aromatic carbocycles. The van der Waals surface area contributed by atoms with Crippen LogP contribution in [0.4, 0.5) is 0 Å². The minimum Gasteiger partial charge on any atom is -0.355 e. The van der Waals surface area contributed by atoms with Crippen molar-refractivity contribution < 1.29 is 4.79 Å². The van der Waals surface area contributed by atoms with Crippen LogP contribution in [0.1, 0.15) is 44.0 Å². The number of amides is 1. The van der Waals surface area contributed by atoms with Gasteiger partial charge in [0, 0.05) is 38.6 Å². The summed E-state index contributed by atoms with van der Waals surface area (Å²) in [6.45, 7) is 11.0. The number of nitrogens with one attached hydrogen (secondary N) is 3. The third-order valence-corrected chi connectivity index (χ3v) is 4.24. The van der Waals surface area contributed by atoms with Crippen LogP contribution in [0.25, 0.3) is 0 Å². The summed E-state index contributed by atoms with van der Waals surface area (Å²) in [7, 11) is 1.76. The van der Waals surface area contributed by atoms with Gasteiger partial charge < -0.3 is 20.9 Å². The molecule has 146 valence electrons. The number of aromatic nitrogens is 1. The van der Waals surface area contributed by atoms with Crippen molar-refractivity contribution in [1.29, 1.82) is 0 Å². The van der Waals surface area contributed by atoms with Crippen LogP contribution >= 0.6 is 0 Å². The Morgan fingerprint density at radius 3 is 2.62 bits per heavy atom. The fraction of sp³-hybridized carbons (Fsp3) is 0.632. The van der Waals surface area contributed by atoms with E-state index in [9.17, 15) is 4.79 Å². The predicted molar refractivity (Wildman–Crippen MR) is 108 cm³/mol. The molecule has 7 heteroatoms. The zero-order valence-corrected chi connectivity index (χ0v) is 16.6. The van der Waals surface area contributed by atoms with E-state index in [1.165, 1.54) is 0 Å². The van der Waals surface area contributed by atoms with Crippen LogP contribution in [-0.4, -0.2) is 67.6 Å². The van der Waals surface area contributed by atoms with Gasteiger partial charge in [-0.2, -0.15) is 0 Å². The molecule has 26 heavy (non-hydrogen) atoms. The van der Waals surface area contributed by atoms with Crippen LogP contribution < -0.4 is 16.0 Å². The van der Waals surface area contributed by atoms with Gasteiger partial charge in [-0.25, -0.2) is 0 Å². The van der Waals surface area contributed by atoms with Gasteiger partial charge in [-0.1, -0.05) is 13.8 Å². The number of hydrogen-bond acceptors (Lipinski definition) is 4. The standard InChI is InChI=1S/C19H34N6O/c1-5-25(6-2)14-8-9-16(3)24-19(20-4)23-13-12-22-18(26)17-10-7-11-21-15-17/h7,10-11,15-16H,5-6,8-9,12-14H2,1-4H3,(H,22,26)(H2,20,23,24). The summed E-state index contributed by atoms with van der Waals surface area (Å²) >= 11 is 0. The third kappa shape index (κ3) is 8.80. The largest absolute Gasteiger partial charge is 0.355 e. The number of hydrogen-bond donors (Lipinski definition) is 3.